The summed E-state index contributed by atoms with van der Waals surface area (Å²) in [5.41, 5.74) is 2.64. The molecule has 0 aromatic heterocycles. The summed E-state index contributed by atoms with van der Waals surface area (Å²) < 4.78 is 6.57. The molecule has 3 rings (SSSR count). The first-order chi connectivity index (χ1) is 10.5. The second-order valence-corrected chi connectivity index (χ2v) is 6.78. The Labute approximate surface area is 132 Å². The van der Waals surface area contributed by atoms with E-state index in [1.54, 1.807) is 0 Å². The van der Waals surface area contributed by atoms with Crippen LogP contribution in [0.5, 0.6) is 0 Å². The van der Waals surface area contributed by atoms with Crippen molar-refractivity contribution in [2.24, 2.45) is 5.41 Å². The predicted molar refractivity (Wildman–Crippen MR) is 91.7 cm³/mol. The van der Waals surface area contributed by atoms with Gasteiger partial charge in [-0.2, -0.15) is 0 Å². The third-order valence-electron chi connectivity index (χ3n) is 4.33. The van der Waals surface area contributed by atoms with Crippen molar-refractivity contribution in [3.63, 3.8) is 0 Å². The Morgan fingerprint density at radius 2 is 1.68 bits per heavy atom. The Hall–Kier alpha value is -2.06. The summed E-state index contributed by atoms with van der Waals surface area (Å²) in [6.07, 6.45) is 1.75. The quantitative estimate of drug-likeness (QED) is 0.763. The first-order valence-corrected chi connectivity index (χ1v) is 7.71. The Balaban J connectivity index is 2.19. The summed E-state index contributed by atoms with van der Waals surface area (Å²) in [6.45, 7) is 10.6. The number of nitrogens with one attached hydrogen (secondary N) is 1. The molecular weight excluding hydrogens is 270 g/mol. The van der Waals surface area contributed by atoms with E-state index >= 15 is 0 Å². The molecule has 2 aromatic carbocycles. The van der Waals surface area contributed by atoms with E-state index in [9.17, 15) is 0 Å². The first-order valence-electron chi connectivity index (χ1n) is 7.71. The summed E-state index contributed by atoms with van der Waals surface area (Å²) in [6, 6.07) is 18.7. The van der Waals surface area contributed by atoms with E-state index in [4.69, 9.17) is 4.74 Å². The molecule has 0 bridgehead atoms. The molecule has 1 aliphatic rings. The average molecular weight is 293 g/mol. The second-order valence-electron chi connectivity index (χ2n) is 6.78. The smallest absolute Gasteiger partial charge is 0.171 e. The van der Waals surface area contributed by atoms with Crippen LogP contribution in [-0.4, -0.2) is 0 Å². The third-order valence-corrected chi connectivity index (χ3v) is 4.33. The minimum Gasteiger partial charge on any atom is -0.353 e. The summed E-state index contributed by atoms with van der Waals surface area (Å²) in [5, 5.41) is 3.66. The van der Waals surface area contributed by atoms with Crippen molar-refractivity contribution in [2.45, 2.75) is 32.6 Å². The fourth-order valence-corrected chi connectivity index (χ4v) is 3.12. The molecule has 2 heteroatoms. The molecule has 1 heterocycles. The van der Waals surface area contributed by atoms with Crippen molar-refractivity contribution in [3.8, 4) is 0 Å². The number of hydrogen-bond acceptors (Lipinski definition) is 2. The molecule has 0 saturated heterocycles. The summed E-state index contributed by atoms with van der Waals surface area (Å²) >= 11 is 0. The molecule has 114 valence electrons. The monoisotopic (exact) mass is 293 g/mol. The van der Waals surface area contributed by atoms with Gasteiger partial charge in [-0.25, -0.2) is 0 Å². The highest BCUT2D eigenvalue weighted by atomic mass is 16.5. The summed E-state index contributed by atoms with van der Waals surface area (Å²) in [4.78, 5) is 0. The summed E-state index contributed by atoms with van der Waals surface area (Å²) in [5.74, 6) is 0. The van der Waals surface area contributed by atoms with Gasteiger partial charge in [0.05, 0.1) is 0 Å². The van der Waals surface area contributed by atoms with Gasteiger partial charge in [-0.15, -0.1) is 6.58 Å². The van der Waals surface area contributed by atoms with E-state index in [0.717, 1.165) is 16.8 Å². The predicted octanol–water partition coefficient (Wildman–Crippen LogP) is 5.25. The van der Waals surface area contributed by atoms with E-state index in [1.165, 1.54) is 0 Å². The molecule has 1 aliphatic heterocycles. The second kappa shape index (κ2) is 5.29. The van der Waals surface area contributed by atoms with E-state index in [1.807, 2.05) is 18.2 Å². The van der Waals surface area contributed by atoms with Crippen LogP contribution in [0.2, 0.25) is 0 Å². The molecule has 1 N–H and O–H groups in total. The number of anilines is 1. The standard InChI is InChI=1S/C20H23NO/c1-5-18-16-13-9-10-14-17(16)21-20(22-18,19(2,3)4)15-11-7-6-8-12-15/h5-14,18,21H,1H2,2-4H3/t18-,20+/m1/s1. The summed E-state index contributed by atoms with van der Waals surface area (Å²) in [7, 11) is 0. The van der Waals surface area contributed by atoms with Crippen LogP contribution >= 0.6 is 0 Å². The molecular formula is C20H23NO. The maximum Gasteiger partial charge on any atom is 0.171 e. The van der Waals surface area contributed by atoms with Crippen LogP contribution in [-0.2, 0) is 10.5 Å². The van der Waals surface area contributed by atoms with Crippen LogP contribution in [0.3, 0.4) is 0 Å². The third kappa shape index (κ3) is 2.24. The van der Waals surface area contributed by atoms with Crippen molar-refractivity contribution in [1.29, 1.82) is 0 Å². The van der Waals surface area contributed by atoms with E-state index in [2.05, 4.69) is 75.1 Å². The van der Waals surface area contributed by atoms with Crippen LogP contribution in [0.4, 0.5) is 5.69 Å². The van der Waals surface area contributed by atoms with Gasteiger partial charge in [-0.1, -0.05) is 75.4 Å². The van der Waals surface area contributed by atoms with E-state index in [-0.39, 0.29) is 11.5 Å². The Bertz CT molecular complexity index is 672. The van der Waals surface area contributed by atoms with Crippen molar-refractivity contribution in [1.82, 2.24) is 0 Å². The van der Waals surface area contributed by atoms with Gasteiger partial charge in [0.2, 0.25) is 0 Å². The molecule has 0 aliphatic carbocycles. The molecule has 0 unspecified atom stereocenters. The number of fused-ring (bicyclic) bond motifs is 1. The highest BCUT2D eigenvalue weighted by molar-refractivity contribution is 5.58. The largest absolute Gasteiger partial charge is 0.353 e. The highest BCUT2D eigenvalue weighted by Gasteiger charge is 2.49. The SMILES string of the molecule is C=C[C@H]1O[C@@](c2ccccc2)(C(C)(C)C)Nc2ccccc21. The van der Waals surface area contributed by atoms with Gasteiger partial charge < -0.3 is 10.1 Å². The van der Waals surface area contributed by atoms with E-state index < -0.39 is 5.72 Å². The van der Waals surface area contributed by atoms with Crippen LogP contribution in [0.15, 0.2) is 67.3 Å². The molecule has 22 heavy (non-hydrogen) atoms. The zero-order chi connectivity index (χ0) is 15.8. The molecule has 2 aromatic rings. The lowest BCUT2D eigenvalue weighted by atomic mass is 9.76. The van der Waals surface area contributed by atoms with Crippen LogP contribution in [0, 0.1) is 5.41 Å². The van der Waals surface area contributed by atoms with Crippen molar-refractivity contribution in [3.05, 3.63) is 78.4 Å². The van der Waals surface area contributed by atoms with Gasteiger partial charge >= 0.3 is 0 Å². The first kappa shape index (κ1) is 14.9. The lowest BCUT2D eigenvalue weighted by molar-refractivity contribution is -0.136. The minimum atomic E-state index is -0.596. The zero-order valence-corrected chi connectivity index (χ0v) is 13.5. The maximum absolute atomic E-state index is 6.57. The number of hydrogen-bond donors (Lipinski definition) is 1. The average Bonchev–Trinajstić information content (AvgIpc) is 2.53. The lowest BCUT2D eigenvalue weighted by Crippen LogP contribution is -2.52. The normalized spacial score (nSPS) is 24.2. The Kier molecular flexibility index (Phi) is 3.57. The van der Waals surface area contributed by atoms with Crippen molar-refractivity contribution in [2.75, 3.05) is 5.32 Å². The molecule has 2 nitrogen and oxygen atoms in total. The molecule has 0 amide bonds. The number of para-hydroxylation sites is 1. The van der Waals surface area contributed by atoms with Crippen LogP contribution < -0.4 is 5.32 Å². The number of benzene rings is 2. The highest BCUT2D eigenvalue weighted by Crippen LogP contribution is 2.50. The fourth-order valence-electron chi connectivity index (χ4n) is 3.12. The topological polar surface area (TPSA) is 21.3 Å². The van der Waals surface area contributed by atoms with Gasteiger partial charge in [0, 0.05) is 22.2 Å². The van der Waals surface area contributed by atoms with Gasteiger partial charge in [-0.3, -0.25) is 0 Å². The Morgan fingerprint density at radius 3 is 2.32 bits per heavy atom. The van der Waals surface area contributed by atoms with Gasteiger partial charge in [-0.05, 0) is 6.07 Å². The van der Waals surface area contributed by atoms with Gasteiger partial charge in [0.25, 0.3) is 0 Å². The zero-order valence-electron chi connectivity index (χ0n) is 13.5. The molecule has 0 spiro atoms. The molecule has 2 atom stereocenters. The van der Waals surface area contributed by atoms with Gasteiger partial charge in [0.1, 0.15) is 6.10 Å². The molecule has 0 radical (unpaired) electrons. The number of ether oxygens (including phenoxy) is 1. The minimum absolute atomic E-state index is 0.128. The maximum atomic E-state index is 6.57. The molecule has 0 saturated carbocycles. The van der Waals surface area contributed by atoms with Crippen LogP contribution in [0.1, 0.15) is 38.0 Å². The van der Waals surface area contributed by atoms with Crippen molar-refractivity contribution >= 4 is 5.69 Å². The van der Waals surface area contributed by atoms with E-state index in [0.29, 0.717) is 0 Å². The lowest BCUT2D eigenvalue weighted by Gasteiger charge is -2.50. The van der Waals surface area contributed by atoms with Crippen LogP contribution in [0.25, 0.3) is 0 Å². The number of rotatable bonds is 2. The molecule has 0 fully saturated rings. The Morgan fingerprint density at radius 1 is 1.05 bits per heavy atom. The fraction of sp³-hybridized carbons (Fsp3) is 0.300. The van der Waals surface area contributed by atoms with Crippen molar-refractivity contribution < 1.29 is 4.74 Å². The van der Waals surface area contributed by atoms with Gasteiger partial charge in [0.15, 0.2) is 5.72 Å².